The molecule has 2 aromatic rings. The molecule has 112 valence electrons. The van der Waals surface area contributed by atoms with Gasteiger partial charge in [0.2, 0.25) is 0 Å². The van der Waals surface area contributed by atoms with Crippen LogP contribution in [0.2, 0.25) is 0 Å². The molecule has 0 aliphatic carbocycles. The van der Waals surface area contributed by atoms with Crippen molar-refractivity contribution in [3.63, 3.8) is 0 Å². The number of aromatic nitrogens is 3. The Morgan fingerprint density at radius 1 is 1.05 bits per heavy atom. The molecule has 0 bridgehead atoms. The maximum absolute atomic E-state index is 12.5. The molecule has 8 heteroatoms. The molecule has 5 nitrogen and oxygen atoms in total. The molecule has 1 saturated heterocycles. The molecule has 1 aromatic heterocycles. The molecule has 0 atom stereocenters. The molecule has 0 unspecified atom stereocenters. The molecule has 0 spiro atoms. The Balaban J connectivity index is 1.79. The first-order valence-electron chi connectivity index (χ1n) is 6.47. The number of alkyl halides is 3. The van der Waals surface area contributed by atoms with Gasteiger partial charge in [0.05, 0.1) is 30.7 Å². The lowest BCUT2D eigenvalue weighted by molar-refractivity contribution is -0.137. The van der Waals surface area contributed by atoms with Crippen LogP contribution in [0.15, 0.2) is 30.5 Å². The molecule has 2 heterocycles. The first kappa shape index (κ1) is 13.9. The Morgan fingerprint density at radius 2 is 1.71 bits per heavy atom. The van der Waals surface area contributed by atoms with Gasteiger partial charge in [-0.2, -0.15) is 18.3 Å². The van der Waals surface area contributed by atoms with Gasteiger partial charge >= 0.3 is 6.18 Å². The van der Waals surface area contributed by atoms with E-state index in [0.29, 0.717) is 24.7 Å². The highest BCUT2D eigenvalue weighted by atomic mass is 19.4. The van der Waals surface area contributed by atoms with Crippen molar-refractivity contribution in [3.8, 4) is 5.69 Å². The highest BCUT2D eigenvalue weighted by Crippen LogP contribution is 2.29. The summed E-state index contributed by atoms with van der Waals surface area (Å²) in [6.07, 6.45) is -2.74. The molecule has 3 rings (SSSR count). The summed E-state index contributed by atoms with van der Waals surface area (Å²) < 4.78 is 42.8. The van der Waals surface area contributed by atoms with Crippen molar-refractivity contribution in [2.24, 2.45) is 0 Å². The molecule has 0 N–H and O–H groups in total. The van der Waals surface area contributed by atoms with Crippen molar-refractivity contribution >= 4 is 5.82 Å². The van der Waals surface area contributed by atoms with Crippen LogP contribution in [0.5, 0.6) is 0 Å². The highest BCUT2D eigenvalue weighted by molar-refractivity contribution is 5.39. The van der Waals surface area contributed by atoms with Crippen LogP contribution in [0.4, 0.5) is 19.0 Å². The topological polar surface area (TPSA) is 43.2 Å². The summed E-state index contributed by atoms with van der Waals surface area (Å²) in [7, 11) is 0. The number of hydrogen-bond donors (Lipinski definition) is 0. The minimum atomic E-state index is -4.34. The lowest BCUT2D eigenvalue weighted by atomic mass is 10.2. The summed E-state index contributed by atoms with van der Waals surface area (Å²) in [5.74, 6) is 0.693. The van der Waals surface area contributed by atoms with Crippen LogP contribution in [0.3, 0.4) is 0 Å². The maximum atomic E-state index is 12.5. The summed E-state index contributed by atoms with van der Waals surface area (Å²) in [5, 5.41) is 8.39. The van der Waals surface area contributed by atoms with E-state index in [2.05, 4.69) is 10.2 Å². The molecule has 1 fully saturated rings. The molecule has 21 heavy (non-hydrogen) atoms. The fourth-order valence-corrected chi connectivity index (χ4v) is 2.10. The van der Waals surface area contributed by atoms with Crippen molar-refractivity contribution in [2.75, 3.05) is 31.2 Å². The molecular weight excluding hydrogens is 285 g/mol. The minimum absolute atomic E-state index is 0.488. The number of rotatable bonds is 2. The van der Waals surface area contributed by atoms with Crippen LogP contribution in [-0.2, 0) is 10.9 Å². The monoisotopic (exact) mass is 298 g/mol. The maximum Gasteiger partial charge on any atom is 0.416 e. The summed E-state index contributed by atoms with van der Waals surface area (Å²) in [6.45, 7) is 2.72. The van der Waals surface area contributed by atoms with Crippen LogP contribution in [-0.4, -0.2) is 41.3 Å². The first-order chi connectivity index (χ1) is 10.0. The second-order valence-corrected chi connectivity index (χ2v) is 4.64. The molecular formula is C13H13F3N4O. The van der Waals surface area contributed by atoms with Crippen LogP contribution in [0.1, 0.15) is 5.56 Å². The standard InChI is InChI=1S/C13H13F3N4O/c14-13(15,16)10-1-3-11(4-2-10)20-17-9-12(18-20)19-5-7-21-8-6-19/h1-4,9H,5-8H2. The van der Waals surface area contributed by atoms with Gasteiger partial charge in [-0.25, -0.2) is 0 Å². The number of hydrogen-bond acceptors (Lipinski definition) is 4. The van der Waals surface area contributed by atoms with E-state index in [9.17, 15) is 13.2 Å². The van der Waals surface area contributed by atoms with Crippen molar-refractivity contribution in [3.05, 3.63) is 36.0 Å². The van der Waals surface area contributed by atoms with E-state index in [1.165, 1.54) is 16.9 Å². The van der Waals surface area contributed by atoms with Gasteiger partial charge in [-0.15, -0.1) is 9.90 Å². The molecule has 1 aliphatic heterocycles. The predicted molar refractivity (Wildman–Crippen MR) is 69.4 cm³/mol. The van der Waals surface area contributed by atoms with E-state index in [0.717, 1.165) is 25.2 Å². The van der Waals surface area contributed by atoms with Gasteiger partial charge in [0.15, 0.2) is 5.82 Å². The van der Waals surface area contributed by atoms with E-state index in [1.807, 2.05) is 4.90 Å². The molecule has 0 saturated carbocycles. The van der Waals surface area contributed by atoms with Crippen molar-refractivity contribution in [1.82, 2.24) is 15.0 Å². The number of morpholine rings is 1. The van der Waals surface area contributed by atoms with Crippen LogP contribution < -0.4 is 4.90 Å². The van der Waals surface area contributed by atoms with E-state index in [-0.39, 0.29) is 0 Å². The van der Waals surface area contributed by atoms with Crippen LogP contribution in [0.25, 0.3) is 5.69 Å². The summed E-state index contributed by atoms with van der Waals surface area (Å²) in [5.41, 5.74) is -0.200. The third kappa shape index (κ3) is 2.99. The van der Waals surface area contributed by atoms with Crippen molar-refractivity contribution in [1.29, 1.82) is 0 Å². The summed E-state index contributed by atoms with van der Waals surface area (Å²) in [4.78, 5) is 3.35. The number of anilines is 1. The number of ether oxygens (including phenoxy) is 1. The highest BCUT2D eigenvalue weighted by Gasteiger charge is 2.30. The van der Waals surface area contributed by atoms with Gasteiger partial charge in [-0.05, 0) is 24.3 Å². The quantitative estimate of drug-likeness (QED) is 0.852. The Labute approximate surface area is 118 Å². The van der Waals surface area contributed by atoms with E-state index >= 15 is 0 Å². The summed E-state index contributed by atoms with van der Waals surface area (Å²) in [6, 6.07) is 4.75. The molecule has 0 radical (unpaired) electrons. The van der Waals surface area contributed by atoms with Gasteiger partial charge in [0, 0.05) is 13.1 Å². The average molecular weight is 298 g/mol. The second kappa shape index (κ2) is 5.36. The zero-order chi connectivity index (χ0) is 14.9. The van der Waals surface area contributed by atoms with E-state index in [4.69, 9.17) is 4.74 Å². The lowest BCUT2D eigenvalue weighted by Crippen LogP contribution is -2.36. The predicted octanol–water partition coefficient (Wildman–Crippen LogP) is 2.12. The second-order valence-electron chi connectivity index (χ2n) is 4.64. The smallest absolute Gasteiger partial charge is 0.378 e. The van der Waals surface area contributed by atoms with Gasteiger partial charge in [0.1, 0.15) is 0 Å². The lowest BCUT2D eigenvalue weighted by Gasteiger charge is -2.25. The van der Waals surface area contributed by atoms with Crippen molar-refractivity contribution in [2.45, 2.75) is 6.18 Å². The van der Waals surface area contributed by atoms with E-state index in [1.54, 1.807) is 6.20 Å². The zero-order valence-corrected chi connectivity index (χ0v) is 11.0. The fraction of sp³-hybridized carbons (Fsp3) is 0.385. The Morgan fingerprint density at radius 3 is 2.33 bits per heavy atom. The molecule has 1 aliphatic rings. The Hall–Kier alpha value is -2.09. The number of nitrogens with zero attached hydrogens (tertiary/aromatic N) is 4. The average Bonchev–Trinajstić information content (AvgIpc) is 2.97. The third-order valence-electron chi connectivity index (χ3n) is 3.24. The third-order valence-corrected chi connectivity index (χ3v) is 3.24. The number of benzene rings is 1. The molecule has 1 aromatic carbocycles. The van der Waals surface area contributed by atoms with Gasteiger partial charge < -0.3 is 9.64 Å². The Bertz CT molecular complexity index is 603. The fourth-order valence-electron chi connectivity index (χ4n) is 2.10. The van der Waals surface area contributed by atoms with Crippen LogP contribution >= 0.6 is 0 Å². The molecule has 0 amide bonds. The van der Waals surface area contributed by atoms with Gasteiger partial charge in [-0.1, -0.05) is 0 Å². The minimum Gasteiger partial charge on any atom is -0.378 e. The number of halogens is 3. The summed E-state index contributed by atoms with van der Waals surface area (Å²) >= 11 is 0. The van der Waals surface area contributed by atoms with Gasteiger partial charge in [0.25, 0.3) is 0 Å². The van der Waals surface area contributed by atoms with Crippen LogP contribution in [0, 0.1) is 0 Å². The zero-order valence-electron chi connectivity index (χ0n) is 11.0. The van der Waals surface area contributed by atoms with E-state index < -0.39 is 11.7 Å². The van der Waals surface area contributed by atoms with Gasteiger partial charge in [-0.3, -0.25) is 0 Å². The van der Waals surface area contributed by atoms with Crippen molar-refractivity contribution < 1.29 is 17.9 Å². The first-order valence-corrected chi connectivity index (χ1v) is 6.47. The largest absolute Gasteiger partial charge is 0.416 e. The SMILES string of the molecule is FC(F)(F)c1ccc(-n2ncc(N3CCOCC3)n2)cc1. The Kier molecular flexibility index (Phi) is 3.54. The normalized spacial score (nSPS) is 16.2.